The normalized spacial score (nSPS) is 20.2. The molecule has 2 fully saturated rings. The molecule has 1 aliphatic carbocycles. The summed E-state index contributed by atoms with van der Waals surface area (Å²) in [5.74, 6) is 0.876. The average Bonchev–Trinajstić information content (AvgIpc) is 3.27. The van der Waals surface area contributed by atoms with Crippen LogP contribution in [0.4, 0.5) is 0 Å². The molecule has 0 unspecified atom stereocenters. The van der Waals surface area contributed by atoms with Crippen molar-refractivity contribution in [2.75, 3.05) is 40.3 Å². The third-order valence-electron chi connectivity index (χ3n) is 4.19. The van der Waals surface area contributed by atoms with Crippen LogP contribution in [0.25, 0.3) is 0 Å². The molecule has 2 aliphatic rings. The number of carbonyl (C=O) groups is 2. The second-order valence-corrected chi connectivity index (χ2v) is 6.32. The lowest BCUT2D eigenvalue weighted by molar-refractivity contribution is -0.136. The minimum Gasteiger partial charge on any atom is -0.356 e. The van der Waals surface area contributed by atoms with Crippen LogP contribution in [-0.4, -0.2) is 61.9 Å². The van der Waals surface area contributed by atoms with Crippen LogP contribution in [0, 0.1) is 11.8 Å². The molecule has 0 aromatic rings. The van der Waals surface area contributed by atoms with Gasteiger partial charge < -0.3 is 15.1 Å². The van der Waals surface area contributed by atoms with Crippen molar-refractivity contribution >= 4 is 11.8 Å². The van der Waals surface area contributed by atoms with Gasteiger partial charge in [0, 0.05) is 31.5 Å². The summed E-state index contributed by atoms with van der Waals surface area (Å²) in [4.78, 5) is 28.0. The molecule has 5 nitrogen and oxygen atoms in total. The standard InChI is InChI=1S/C15H27N3O2/c1-17(2)9-3-8-16-14(19)12-6-10-18(11-7-12)15(20)13-4-5-13/h12-13H,3-11H2,1-2H3,(H,16,19). The Morgan fingerprint density at radius 2 is 1.75 bits per heavy atom. The highest BCUT2D eigenvalue weighted by molar-refractivity contribution is 5.82. The van der Waals surface area contributed by atoms with Crippen LogP contribution in [0.2, 0.25) is 0 Å². The number of piperidine rings is 1. The number of carbonyl (C=O) groups excluding carboxylic acids is 2. The van der Waals surface area contributed by atoms with Crippen LogP contribution < -0.4 is 5.32 Å². The number of nitrogens with zero attached hydrogens (tertiary/aromatic N) is 2. The number of hydrogen-bond donors (Lipinski definition) is 1. The maximum atomic E-state index is 12.0. The van der Waals surface area contributed by atoms with Gasteiger partial charge in [0.25, 0.3) is 0 Å². The lowest BCUT2D eigenvalue weighted by Gasteiger charge is -2.31. The highest BCUT2D eigenvalue weighted by atomic mass is 16.2. The van der Waals surface area contributed by atoms with E-state index in [0.29, 0.717) is 11.8 Å². The Balaban J connectivity index is 1.62. The molecular weight excluding hydrogens is 254 g/mol. The predicted octanol–water partition coefficient (Wildman–Crippen LogP) is 0.703. The Kier molecular flexibility index (Phi) is 5.40. The fraction of sp³-hybridized carbons (Fsp3) is 0.867. The second-order valence-electron chi connectivity index (χ2n) is 6.32. The van der Waals surface area contributed by atoms with E-state index in [1.807, 2.05) is 19.0 Å². The van der Waals surface area contributed by atoms with E-state index >= 15 is 0 Å². The van der Waals surface area contributed by atoms with Crippen molar-refractivity contribution < 1.29 is 9.59 Å². The predicted molar refractivity (Wildman–Crippen MR) is 78.2 cm³/mol. The number of hydrogen-bond acceptors (Lipinski definition) is 3. The van der Waals surface area contributed by atoms with Gasteiger partial charge in [0.15, 0.2) is 0 Å². The van der Waals surface area contributed by atoms with E-state index in [1.165, 1.54) is 0 Å². The van der Waals surface area contributed by atoms with Gasteiger partial charge in [-0.1, -0.05) is 0 Å². The Morgan fingerprint density at radius 1 is 1.10 bits per heavy atom. The summed E-state index contributed by atoms with van der Waals surface area (Å²) in [6.45, 7) is 3.25. The Morgan fingerprint density at radius 3 is 2.30 bits per heavy atom. The quantitative estimate of drug-likeness (QED) is 0.729. The molecule has 5 heteroatoms. The average molecular weight is 281 g/mol. The summed E-state index contributed by atoms with van der Waals surface area (Å²) in [5.41, 5.74) is 0. The van der Waals surface area contributed by atoms with Crippen LogP contribution in [0.15, 0.2) is 0 Å². The zero-order valence-electron chi connectivity index (χ0n) is 12.7. The van der Waals surface area contributed by atoms with Gasteiger partial charge in [-0.2, -0.15) is 0 Å². The zero-order valence-corrected chi connectivity index (χ0v) is 12.7. The summed E-state index contributed by atoms with van der Waals surface area (Å²) in [5, 5.41) is 3.02. The first kappa shape index (κ1) is 15.3. The van der Waals surface area contributed by atoms with Crippen molar-refractivity contribution in [1.29, 1.82) is 0 Å². The number of amides is 2. The molecule has 0 atom stereocenters. The van der Waals surface area contributed by atoms with Crippen LogP contribution in [0.3, 0.4) is 0 Å². The van der Waals surface area contributed by atoms with Crippen molar-refractivity contribution in [2.24, 2.45) is 11.8 Å². The van der Waals surface area contributed by atoms with E-state index in [2.05, 4.69) is 10.2 Å². The first-order valence-corrected chi connectivity index (χ1v) is 7.79. The maximum Gasteiger partial charge on any atom is 0.225 e. The SMILES string of the molecule is CN(C)CCCNC(=O)C1CCN(C(=O)C2CC2)CC1. The number of nitrogens with one attached hydrogen (secondary N) is 1. The van der Waals surface area contributed by atoms with Crippen LogP contribution in [-0.2, 0) is 9.59 Å². The maximum absolute atomic E-state index is 12.0. The van der Waals surface area contributed by atoms with Gasteiger partial charge in [-0.3, -0.25) is 9.59 Å². The number of rotatable bonds is 6. The van der Waals surface area contributed by atoms with E-state index in [-0.39, 0.29) is 11.8 Å². The molecule has 1 saturated carbocycles. The molecule has 2 amide bonds. The topological polar surface area (TPSA) is 52.7 Å². The van der Waals surface area contributed by atoms with Crippen molar-refractivity contribution in [2.45, 2.75) is 32.1 Å². The Labute approximate surface area is 121 Å². The third kappa shape index (κ3) is 4.47. The summed E-state index contributed by atoms with van der Waals surface area (Å²) < 4.78 is 0. The molecule has 0 radical (unpaired) electrons. The molecule has 20 heavy (non-hydrogen) atoms. The summed E-state index contributed by atoms with van der Waals surface area (Å²) in [6.07, 6.45) is 4.74. The van der Waals surface area contributed by atoms with Crippen molar-refractivity contribution in [3.63, 3.8) is 0 Å². The molecular formula is C15H27N3O2. The summed E-state index contributed by atoms with van der Waals surface area (Å²) >= 11 is 0. The smallest absolute Gasteiger partial charge is 0.225 e. The van der Waals surface area contributed by atoms with Crippen LogP contribution in [0.1, 0.15) is 32.1 Å². The van der Waals surface area contributed by atoms with Gasteiger partial charge in [0.2, 0.25) is 11.8 Å². The fourth-order valence-corrected chi connectivity index (χ4v) is 2.70. The molecule has 0 aromatic heterocycles. The van der Waals surface area contributed by atoms with Gasteiger partial charge >= 0.3 is 0 Å². The lowest BCUT2D eigenvalue weighted by atomic mass is 9.95. The van der Waals surface area contributed by atoms with Crippen molar-refractivity contribution in [3.05, 3.63) is 0 Å². The zero-order chi connectivity index (χ0) is 14.5. The molecule has 1 saturated heterocycles. The van der Waals surface area contributed by atoms with Crippen molar-refractivity contribution in [1.82, 2.24) is 15.1 Å². The second kappa shape index (κ2) is 7.07. The third-order valence-corrected chi connectivity index (χ3v) is 4.19. The van der Waals surface area contributed by atoms with Gasteiger partial charge in [0.1, 0.15) is 0 Å². The van der Waals surface area contributed by atoms with E-state index < -0.39 is 0 Å². The highest BCUT2D eigenvalue weighted by Gasteiger charge is 2.35. The van der Waals surface area contributed by atoms with Gasteiger partial charge in [-0.25, -0.2) is 0 Å². The Bertz CT molecular complexity index is 345. The van der Waals surface area contributed by atoms with Gasteiger partial charge in [-0.05, 0) is 52.7 Å². The minimum absolute atomic E-state index is 0.0950. The molecule has 1 aliphatic heterocycles. The molecule has 1 heterocycles. The summed E-state index contributed by atoms with van der Waals surface area (Å²) in [7, 11) is 4.07. The van der Waals surface area contributed by atoms with Crippen LogP contribution in [0.5, 0.6) is 0 Å². The van der Waals surface area contributed by atoms with Crippen LogP contribution >= 0.6 is 0 Å². The van der Waals surface area contributed by atoms with E-state index in [9.17, 15) is 9.59 Å². The molecule has 0 bridgehead atoms. The summed E-state index contributed by atoms with van der Waals surface area (Å²) in [6, 6.07) is 0. The minimum atomic E-state index is 0.0950. The lowest BCUT2D eigenvalue weighted by Crippen LogP contribution is -2.43. The largest absolute Gasteiger partial charge is 0.356 e. The first-order chi connectivity index (χ1) is 9.58. The van der Waals surface area contributed by atoms with Gasteiger partial charge in [0.05, 0.1) is 0 Å². The van der Waals surface area contributed by atoms with Gasteiger partial charge in [-0.15, -0.1) is 0 Å². The number of likely N-dealkylation sites (tertiary alicyclic amines) is 1. The Hall–Kier alpha value is -1.10. The molecule has 2 rings (SSSR count). The molecule has 0 spiro atoms. The van der Waals surface area contributed by atoms with Crippen molar-refractivity contribution in [3.8, 4) is 0 Å². The first-order valence-electron chi connectivity index (χ1n) is 7.79. The molecule has 114 valence electrons. The van der Waals surface area contributed by atoms with E-state index in [1.54, 1.807) is 0 Å². The fourth-order valence-electron chi connectivity index (χ4n) is 2.70. The highest BCUT2D eigenvalue weighted by Crippen LogP contribution is 2.32. The monoisotopic (exact) mass is 281 g/mol. The molecule has 1 N–H and O–H groups in total. The van der Waals surface area contributed by atoms with E-state index in [4.69, 9.17) is 0 Å². The van der Waals surface area contributed by atoms with E-state index in [0.717, 1.165) is 58.3 Å². The molecule has 0 aromatic carbocycles.